The zero-order chi connectivity index (χ0) is 21.6. The van der Waals surface area contributed by atoms with Crippen LogP contribution >= 0.6 is 11.3 Å². The lowest BCUT2D eigenvalue weighted by atomic mass is 9.96. The molecule has 3 aromatic rings. The molecule has 4 atom stereocenters. The van der Waals surface area contributed by atoms with Crippen molar-refractivity contribution in [1.29, 1.82) is 0 Å². The molecule has 2 heterocycles. The van der Waals surface area contributed by atoms with Gasteiger partial charge in [0.05, 0.1) is 18.6 Å². The van der Waals surface area contributed by atoms with E-state index in [1.54, 1.807) is 24.6 Å². The molecule has 0 radical (unpaired) electrons. The van der Waals surface area contributed by atoms with Crippen molar-refractivity contribution in [2.75, 3.05) is 20.3 Å². The lowest BCUT2D eigenvalue weighted by Gasteiger charge is -2.22. The first-order chi connectivity index (χ1) is 15.2. The van der Waals surface area contributed by atoms with E-state index in [0.29, 0.717) is 26.1 Å². The highest BCUT2D eigenvalue weighted by Crippen LogP contribution is 2.39. The number of hydrogen-bond donors (Lipinski definition) is 4. The van der Waals surface area contributed by atoms with Crippen LogP contribution in [0, 0.1) is 5.92 Å². The number of thiophene rings is 1. The van der Waals surface area contributed by atoms with Crippen LogP contribution in [0.2, 0.25) is 0 Å². The Morgan fingerprint density at radius 1 is 1.32 bits per heavy atom. The Labute approximate surface area is 185 Å². The van der Waals surface area contributed by atoms with Gasteiger partial charge in [-0.3, -0.25) is 4.79 Å². The molecule has 0 spiro atoms. The maximum absolute atomic E-state index is 12.7. The van der Waals surface area contributed by atoms with E-state index < -0.39 is 12.0 Å². The molecular formula is C23H28N4O3S. The number of methoxy groups -OCH3 is 1. The summed E-state index contributed by atoms with van der Waals surface area (Å²) in [5, 5.41) is 21.7. The van der Waals surface area contributed by atoms with Crippen LogP contribution in [0.15, 0.2) is 53.4 Å². The molecule has 1 fully saturated rings. The van der Waals surface area contributed by atoms with Gasteiger partial charge in [-0.1, -0.05) is 30.3 Å². The number of nitrogens with one attached hydrogen (secondary N) is 3. The van der Waals surface area contributed by atoms with Crippen LogP contribution in [-0.4, -0.2) is 53.4 Å². The van der Waals surface area contributed by atoms with E-state index in [2.05, 4.69) is 32.0 Å². The maximum Gasteiger partial charge on any atom is 0.225 e. The third-order valence-electron chi connectivity index (χ3n) is 5.81. The standard InChI is InChI=1S/C23H28N4O3S/c1-30-9-8-24-23(29)17-11-18(25-12-15-7-10-31-14-15)20(21(17)28)19-13-26-22(27-19)16-5-3-2-4-6-16/h2-7,10,13-14,17-18,20-21,25,28H,8-9,11-12H2,1H3,(H,24,29)(H,26,27)/t17-,18+,20+,21+/m0/s1. The van der Waals surface area contributed by atoms with Gasteiger partial charge in [0.15, 0.2) is 0 Å². The lowest BCUT2D eigenvalue weighted by Crippen LogP contribution is -2.37. The molecule has 164 valence electrons. The van der Waals surface area contributed by atoms with E-state index in [-0.39, 0.29) is 17.9 Å². The number of nitrogens with zero attached hydrogens (tertiary/aromatic N) is 1. The van der Waals surface area contributed by atoms with Crippen molar-refractivity contribution in [2.24, 2.45) is 5.92 Å². The van der Waals surface area contributed by atoms with Crippen LogP contribution in [0.4, 0.5) is 0 Å². The van der Waals surface area contributed by atoms with Crippen LogP contribution in [-0.2, 0) is 16.1 Å². The molecule has 7 nitrogen and oxygen atoms in total. The van der Waals surface area contributed by atoms with Gasteiger partial charge in [-0.05, 0) is 28.8 Å². The molecule has 4 N–H and O–H groups in total. The van der Waals surface area contributed by atoms with Crippen molar-refractivity contribution >= 4 is 17.2 Å². The fraction of sp³-hybridized carbons (Fsp3) is 0.391. The number of H-pyrrole nitrogens is 1. The van der Waals surface area contributed by atoms with Gasteiger partial charge >= 0.3 is 0 Å². The Kier molecular flexibility index (Phi) is 7.14. The fourth-order valence-corrected chi connectivity index (χ4v) is 4.89. The van der Waals surface area contributed by atoms with Crippen molar-refractivity contribution in [3.63, 3.8) is 0 Å². The topological polar surface area (TPSA) is 99.3 Å². The summed E-state index contributed by atoms with van der Waals surface area (Å²) in [5.74, 6) is -0.142. The van der Waals surface area contributed by atoms with Gasteiger partial charge in [-0.15, -0.1) is 0 Å². The van der Waals surface area contributed by atoms with E-state index in [1.807, 2.05) is 35.7 Å². The lowest BCUT2D eigenvalue weighted by molar-refractivity contribution is -0.127. The van der Waals surface area contributed by atoms with Gasteiger partial charge in [0.25, 0.3) is 0 Å². The minimum atomic E-state index is -0.813. The van der Waals surface area contributed by atoms with E-state index in [0.717, 1.165) is 17.1 Å². The number of hydrogen-bond acceptors (Lipinski definition) is 6. The van der Waals surface area contributed by atoms with E-state index in [9.17, 15) is 9.90 Å². The zero-order valence-corrected chi connectivity index (χ0v) is 18.3. The SMILES string of the molecule is COCCNC(=O)[C@H]1C[C@@H](NCc2ccsc2)[C@H](c2cnc(-c3ccccc3)[nH]2)[C@@H]1O. The molecule has 0 unspecified atom stereocenters. The molecule has 0 bridgehead atoms. The zero-order valence-electron chi connectivity index (χ0n) is 17.5. The third kappa shape index (κ3) is 5.04. The molecule has 1 aromatic carbocycles. The second-order valence-corrected chi connectivity index (χ2v) is 8.59. The smallest absolute Gasteiger partial charge is 0.225 e. The predicted octanol–water partition coefficient (Wildman–Crippen LogP) is 2.52. The number of aliphatic hydroxyl groups is 1. The molecule has 0 saturated heterocycles. The number of amides is 1. The van der Waals surface area contributed by atoms with Gasteiger partial charge < -0.3 is 25.5 Å². The molecule has 1 amide bonds. The molecule has 1 saturated carbocycles. The second-order valence-electron chi connectivity index (χ2n) is 7.81. The van der Waals surface area contributed by atoms with Crippen LogP contribution in [0.25, 0.3) is 11.4 Å². The Bertz CT molecular complexity index is 960. The number of carbonyl (C=O) groups is 1. The highest BCUT2D eigenvalue weighted by molar-refractivity contribution is 7.07. The average molecular weight is 441 g/mol. The number of aliphatic hydroxyl groups excluding tert-OH is 1. The van der Waals surface area contributed by atoms with Crippen LogP contribution < -0.4 is 10.6 Å². The summed E-state index contributed by atoms with van der Waals surface area (Å²) in [6.07, 6.45) is 1.52. The number of ether oxygens (including phenoxy) is 1. The molecule has 1 aliphatic carbocycles. The average Bonchev–Trinajstić information content (AvgIpc) is 3.53. The Morgan fingerprint density at radius 3 is 2.90 bits per heavy atom. The van der Waals surface area contributed by atoms with Crippen molar-refractivity contribution in [3.8, 4) is 11.4 Å². The maximum atomic E-state index is 12.7. The first kappa shape index (κ1) is 21.7. The normalized spacial score (nSPS) is 23.2. The minimum absolute atomic E-state index is 0.0582. The van der Waals surface area contributed by atoms with Crippen LogP contribution in [0.3, 0.4) is 0 Å². The van der Waals surface area contributed by atoms with Crippen molar-refractivity contribution in [2.45, 2.75) is 31.0 Å². The van der Waals surface area contributed by atoms with Crippen molar-refractivity contribution in [3.05, 3.63) is 64.6 Å². The number of benzene rings is 1. The molecule has 31 heavy (non-hydrogen) atoms. The number of aromatic nitrogens is 2. The summed E-state index contributed by atoms with van der Waals surface area (Å²) >= 11 is 1.66. The van der Waals surface area contributed by atoms with Gasteiger partial charge in [0.2, 0.25) is 5.91 Å². The highest BCUT2D eigenvalue weighted by Gasteiger charge is 2.47. The Morgan fingerprint density at radius 2 is 2.16 bits per heavy atom. The minimum Gasteiger partial charge on any atom is -0.392 e. The molecule has 0 aliphatic heterocycles. The number of rotatable bonds is 9. The van der Waals surface area contributed by atoms with E-state index >= 15 is 0 Å². The van der Waals surface area contributed by atoms with Gasteiger partial charge in [0, 0.05) is 49.6 Å². The summed E-state index contributed by atoms with van der Waals surface area (Å²) in [4.78, 5) is 20.6. The molecule has 1 aliphatic rings. The summed E-state index contributed by atoms with van der Waals surface area (Å²) < 4.78 is 5.02. The summed E-state index contributed by atoms with van der Waals surface area (Å²) in [7, 11) is 1.60. The predicted molar refractivity (Wildman–Crippen MR) is 121 cm³/mol. The summed E-state index contributed by atoms with van der Waals surface area (Å²) in [6, 6.07) is 11.9. The second kappa shape index (κ2) is 10.2. The number of carbonyl (C=O) groups excluding carboxylic acids is 1. The molecule has 8 heteroatoms. The highest BCUT2D eigenvalue weighted by atomic mass is 32.1. The summed E-state index contributed by atoms with van der Waals surface area (Å²) in [6.45, 7) is 1.56. The van der Waals surface area contributed by atoms with E-state index in [1.165, 1.54) is 5.56 Å². The van der Waals surface area contributed by atoms with Gasteiger partial charge in [0.1, 0.15) is 5.82 Å². The number of imidazole rings is 1. The first-order valence-corrected chi connectivity index (χ1v) is 11.4. The number of aromatic amines is 1. The largest absolute Gasteiger partial charge is 0.392 e. The Hall–Kier alpha value is -2.52. The molecule has 2 aromatic heterocycles. The fourth-order valence-electron chi connectivity index (χ4n) is 4.22. The van der Waals surface area contributed by atoms with E-state index in [4.69, 9.17) is 4.74 Å². The third-order valence-corrected chi connectivity index (χ3v) is 6.55. The van der Waals surface area contributed by atoms with Crippen molar-refractivity contribution in [1.82, 2.24) is 20.6 Å². The van der Waals surface area contributed by atoms with Crippen LogP contribution in [0.1, 0.15) is 23.6 Å². The van der Waals surface area contributed by atoms with Crippen molar-refractivity contribution < 1.29 is 14.6 Å². The molecule has 4 rings (SSSR count). The van der Waals surface area contributed by atoms with Gasteiger partial charge in [-0.25, -0.2) is 4.98 Å². The monoisotopic (exact) mass is 440 g/mol. The summed E-state index contributed by atoms with van der Waals surface area (Å²) in [5.41, 5.74) is 3.01. The quantitative estimate of drug-likeness (QED) is 0.383. The Balaban J connectivity index is 1.54. The first-order valence-electron chi connectivity index (χ1n) is 10.5. The molecular weight excluding hydrogens is 412 g/mol. The van der Waals surface area contributed by atoms with Gasteiger partial charge in [-0.2, -0.15) is 11.3 Å². The van der Waals surface area contributed by atoms with Crippen LogP contribution in [0.5, 0.6) is 0 Å².